The standard InChI is InChI=1S/C16H14N4O/c1-10-2-4-11(5-3-10)15-19-14-13(17-8-9-18-14)16(21)20(15)12-6-7-12/h2-5,8-9,12H,6-7H2,1H3. The van der Waals surface area contributed by atoms with E-state index in [0.29, 0.717) is 17.0 Å². The van der Waals surface area contributed by atoms with Crippen molar-refractivity contribution in [3.8, 4) is 11.4 Å². The van der Waals surface area contributed by atoms with Gasteiger partial charge in [0.2, 0.25) is 0 Å². The zero-order valence-corrected chi connectivity index (χ0v) is 11.7. The second-order valence-corrected chi connectivity index (χ2v) is 5.44. The highest BCUT2D eigenvalue weighted by atomic mass is 16.1. The maximum Gasteiger partial charge on any atom is 0.282 e. The minimum absolute atomic E-state index is 0.0915. The first-order valence-corrected chi connectivity index (χ1v) is 7.04. The summed E-state index contributed by atoms with van der Waals surface area (Å²) in [5.74, 6) is 0.690. The molecule has 1 fully saturated rings. The van der Waals surface area contributed by atoms with Crippen LogP contribution in [0.1, 0.15) is 24.4 Å². The molecule has 0 aliphatic heterocycles. The van der Waals surface area contributed by atoms with Crippen LogP contribution < -0.4 is 5.56 Å². The molecule has 0 spiro atoms. The van der Waals surface area contributed by atoms with Gasteiger partial charge in [0.25, 0.3) is 5.56 Å². The van der Waals surface area contributed by atoms with Crippen LogP contribution in [0.4, 0.5) is 0 Å². The van der Waals surface area contributed by atoms with E-state index in [-0.39, 0.29) is 11.6 Å². The third kappa shape index (κ3) is 2.01. The van der Waals surface area contributed by atoms with Gasteiger partial charge in [-0.05, 0) is 19.8 Å². The molecule has 5 nitrogen and oxygen atoms in total. The molecule has 0 radical (unpaired) electrons. The smallest absolute Gasteiger partial charge is 0.282 e. The average molecular weight is 278 g/mol. The fraction of sp³-hybridized carbons (Fsp3) is 0.250. The lowest BCUT2D eigenvalue weighted by atomic mass is 10.1. The van der Waals surface area contributed by atoms with Crippen LogP contribution in [-0.2, 0) is 0 Å². The fourth-order valence-electron chi connectivity index (χ4n) is 2.51. The van der Waals surface area contributed by atoms with Crippen LogP contribution in [0.25, 0.3) is 22.6 Å². The summed E-state index contributed by atoms with van der Waals surface area (Å²) in [5, 5.41) is 0. The Morgan fingerprint density at radius 2 is 1.81 bits per heavy atom. The summed E-state index contributed by atoms with van der Waals surface area (Å²) in [6, 6.07) is 8.29. The van der Waals surface area contributed by atoms with Crippen LogP contribution in [0, 0.1) is 6.92 Å². The van der Waals surface area contributed by atoms with E-state index in [4.69, 9.17) is 0 Å². The van der Waals surface area contributed by atoms with Crippen LogP contribution in [0.2, 0.25) is 0 Å². The molecular formula is C16H14N4O. The summed E-state index contributed by atoms with van der Waals surface area (Å²) < 4.78 is 1.78. The van der Waals surface area contributed by atoms with Gasteiger partial charge in [0.15, 0.2) is 11.2 Å². The molecule has 1 aliphatic rings. The number of nitrogens with zero attached hydrogens (tertiary/aromatic N) is 4. The molecule has 4 rings (SSSR count). The number of hydrogen-bond acceptors (Lipinski definition) is 4. The molecule has 0 saturated heterocycles. The first-order chi connectivity index (χ1) is 10.2. The maximum atomic E-state index is 12.7. The van der Waals surface area contributed by atoms with Crippen LogP contribution in [0.15, 0.2) is 41.5 Å². The molecule has 0 N–H and O–H groups in total. The Hall–Kier alpha value is -2.56. The normalized spacial score (nSPS) is 14.5. The van der Waals surface area contributed by atoms with E-state index in [1.165, 1.54) is 11.8 Å². The quantitative estimate of drug-likeness (QED) is 0.722. The van der Waals surface area contributed by atoms with Gasteiger partial charge in [0, 0.05) is 24.0 Å². The molecular weight excluding hydrogens is 264 g/mol. The predicted molar refractivity (Wildman–Crippen MR) is 80.0 cm³/mol. The number of rotatable bonds is 2. The molecule has 5 heteroatoms. The molecule has 0 unspecified atom stereocenters. The van der Waals surface area contributed by atoms with Gasteiger partial charge in [0.1, 0.15) is 5.82 Å². The summed E-state index contributed by atoms with van der Waals surface area (Å²) >= 11 is 0. The van der Waals surface area contributed by atoms with Crippen molar-refractivity contribution in [2.24, 2.45) is 0 Å². The molecule has 1 aliphatic carbocycles. The summed E-state index contributed by atoms with van der Waals surface area (Å²) in [4.78, 5) is 25.6. The average Bonchev–Trinajstić information content (AvgIpc) is 3.32. The highest BCUT2D eigenvalue weighted by molar-refractivity contribution is 5.72. The molecule has 3 aromatic rings. The Kier molecular flexibility index (Phi) is 2.60. The minimum Gasteiger partial charge on any atom is -0.288 e. The van der Waals surface area contributed by atoms with E-state index in [1.54, 1.807) is 10.8 Å². The van der Waals surface area contributed by atoms with Gasteiger partial charge >= 0.3 is 0 Å². The van der Waals surface area contributed by atoms with Crippen molar-refractivity contribution in [3.63, 3.8) is 0 Å². The third-order valence-corrected chi connectivity index (χ3v) is 3.76. The number of fused-ring (bicyclic) bond motifs is 1. The van der Waals surface area contributed by atoms with E-state index in [9.17, 15) is 4.79 Å². The van der Waals surface area contributed by atoms with E-state index in [2.05, 4.69) is 15.0 Å². The Morgan fingerprint density at radius 1 is 1.10 bits per heavy atom. The SMILES string of the molecule is Cc1ccc(-c2nc3nccnc3c(=O)n2C2CC2)cc1. The maximum absolute atomic E-state index is 12.7. The second-order valence-electron chi connectivity index (χ2n) is 5.44. The van der Waals surface area contributed by atoms with Gasteiger partial charge in [-0.2, -0.15) is 0 Å². The summed E-state index contributed by atoms with van der Waals surface area (Å²) in [7, 11) is 0. The van der Waals surface area contributed by atoms with Crippen LogP contribution >= 0.6 is 0 Å². The van der Waals surface area contributed by atoms with E-state index >= 15 is 0 Å². The first-order valence-electron chi connectivity index (χ1n) is 7.04. The Balaban J connectivity index is 2.05. The largest absolute Gasteiger partial charge is 0.288 e. The van der Waals surface area contributed by atoms with Crippen molar-refractivity contribution < 1.29 is 0 Å². The lowest BCUT2D eigenvalue weighted by molar-refractivity contribution is 0.705. The highest BCUT2D eigenvalue weighted by Gasteiger charge is 2.29. The van der Waals surface area contributed by atoms with E-state index in [1.807, 2.05) is 31.2 Å². The van der Waals surface area contributed by atoms with Crippen molar-refractivity contribution in [1.82, 2.24) is 19.5 Å². The third-order valence-electron chi connectivity index (χ3n) is 3.76. The zero-order chi connectivity index (χ0) is 14.4. The van der Waals surface area contributed by atoms with Gasteiger partial charge in [-0.1, -0.05) is 29.8 Å². The number of benzene rings is 1. The van der Waals surface area contributed by atoms with Crippen LogP contribution in [0.3, 0.4) is 0 Å². The molecule has 0 amide bonds. The topological polar surface area (TPSA) is 60.7 Å². The Bertz CT molecular complexity index is 879. The van der Waals surface area contributed by atoms with Crippen molar-refractivity contribution in [2.75, 3.05) is 0 Å². The molecule has 0 atom stereocenters. The Labute approximate surface area is 121 Å². The zero-order valence-electron chi connectivity index (χ0n) is 11.7. The van der Waals surface area contributed by atoms with Gasteiger partial charge in [0.05, 0.1) is 0 Å². The number of aryl methyl sites for hydroxylation is 1. The molecule has 2 heterocycles. The molecule has 1 saturated carbocycles. The van der Waals surface area contributed by atoms with Crippen molar-refractivity contribution in [3.05, 3.63) is 52.6 Å². The second kappa shape index (κ2) is 4.48. The lowest BCUT2D eigenvalue weighted by Crippen LogP contribution is -2.23. The van der Waals surface area contributed by atoms with E-state index < -0.39 is 0 Å². The van der Waals surface area contributed by atoms with E-state index in [0.717, 1.165) is 18.4 Å². The summed E-state index contributed by atoms with van der Waals surface area (Å²) in [6.45, 7) is 2.04. The van der Waals surface area contributed by atoms with Crippen molar-refractivity contribution in [1.29, 1.82) is 0 Å². The molecule has 2 aromatic heterocycles. The van der Waals surface area contributed by atoms with Crippen LogP contribution in [0.5, 0.6) is 0 Å². The number of aromatic nitrogens is 4. The lowest BCUT2D eigenvalue weighted by Gasteiger charge is -2.12. The summed E-state index contributed by atoms with van der Waals surface area (Å²) in [5.41, 5.74) is 2.79. The van der Waals surface area contributed by atoms with Gasteiger partial charge in [-0.25, -0.2) is 15.0 Å². The molecule has 0 bridgehead atoms. The highest BCUT2D eigenvalue weighted by Crippen LogP contribution is 2.36. The molecule has 1 aromatic carbocycles. The van der Waals surface area contributed by atoms with Crippen LogP contribution in [-0.4, -0.2) is 19.5 Å². The van der Waals surface area contributed by atoms with Crippen molar-refractivity contribution >= 4 is 11.2 Å². The predicted octanol–water partition coefficient (Wildman–Crippen LogP) is 2.50. The Morgan fingerprint density at radius 3 is 2.52 bits per heavy atom. The van der Waals surface area contributed by atoms with Gasteiger partial charge < -0.3 is 0 Å². The molecule has 104 valence electrons. The van der Waals surface area contributed by atoms with Gasteiger partial charge in [-0.15, -0.1) is 0 Å². The first kappa shape index (κ1) is 12.2. The monoisotopic (exact) mass is 278 g/mol. The minimum atomic E-state index is -0.0915. The van der Waals surface area contributed by atoms with Crippen molar-refractivity contribution in [2.45, 2.75) is 25.8 Å². The molecule has 21 heavy (non-hydrogen) atoms. The number of hydrogen-bond donors (Lipinski definition) is 0. The fourth-order valence-corrected chi connectivity index (χ4v) is 2.51. The summed E-state index contributed by atoms with van der Waals surface area (Å²) in [6.07, 6.45) is 5.14. The van der Waals surface area contributed by atoms with Gasteiger partial charge in [-0.3, -0.25) is 9.36 Å².